The summed E-state index contributed by atoms with van der Waals surface area (Å²) in [7, 11) is 2.14. The second-order valence-corrected chi connectivity index (χ2v) is 4.50. The predicted molar refractivity (Wildman–Crippen MR) is 71.0 cm³/mol. The Morgan fingerprint density at radius 2 is 1.88 bits per heavy atom. The average Bonchev–Trinajstić information content (AvgIpc) is 2.62. The Morgan fingerprint density at radius 3 is 2.65 bits per heavy atom. The topological polar surface area (TPSA) is 8.81 Å². The van der Waals surface area contributed by atoms with Gasteiger partial charge in [0.2, 0.25) is 0 Å². The molecule has 0 aliphatic heterocycles. The molecule has 17 heavy (non-hydrogen) atoms. The van der Waals surface area contributed by atoms with Gasteiger partial charge in [0.25, 0.3) is 5.82 Å². The standard InChI is InChI=1S/C15H17N2/c1-4-17-11(2)16(3)14-10-9-12-7-5-6-8-13(12)15(14)17/h5-10H,4H2,1-3H3/q+1. The molecule has 0 fully saturated rings. The minimum absolute atomic E-state index is 1.01. The van der Waals surface area contributed by atoms with Crippen molar-refractivity contribution in [3.05, 3.63) is 42.2 Å². The molecule has 0 saturated heterocycles. The molecule has 0 atom stereocenters. The molecule has 2 heteroatoms. The van der Waals surface area contributed by atoms with Crippen LogP contribution in [0, 0.1) is 6.92 Å². The number of nitrogens with zero attached hydrogens (tertiary/aromatic N) is 2. The first-order valence-corrected chi connectivity index (χ1v) is 6.10. The van der Waals surface area contributed by atoms with E-state index in [1.165, 1.54) is 27.6 Å². The van der Waals surface area contributed by atoms with E-state index in [9.17, 15) is 0 Å². The highest BCUT2D eigenvalue weighted by molar-refractivity contribution is 6.02. The first-order valence-electron chi connectivity index (χ1n) is 6.10. The zero-order chi connectivity index (χ0) is 12.0. The number of fused-ring (bicyclic) bond motifs is 3. The van der Waals surface area contributed by atoms with Gasteiger partial charge in [0, 0.05) is 12.3 Å². The Morgan fingerprint density at radius 1 is 1.12 bits per heavy atom. The van der Waals surface area contributed by atoms with Crippen LogP contribution in [0.3, 0.4) is 0 Å². The number of hydrogen-bond acceptors (Lipinski definition) is 0. The molecular formula is C15H17N2+. The van der Waals surface area contributed by atoms with Crippen LogP contribution >= 0.6 is 0 Å². The molecule has 0 saturated carbocycles. The predicted octanol–water partition coefficient (Wildman–Crippen LogP) is 2.95. The van der Waals surface area contributed by atoms with Crippen molar-refractivity contribution in [1.29, 1.82) is 0 Å². The van der Waals surface area contributed by atoms with E-state index in [0.717, 1.165) is 6.54 Å². The lowest BCUT2D eigenvalue weighted by Gasteiger charge is -1.99. The number of imidazole rings is 1. The summed E-state index contributed by atoms with van der Waals surface area (Å²) in [6.07, 6.45) is 0. The molecule has 1 aromatic heterocycles. The van der Waals surface area contributed by atoms with Gasteiger partial charge in [0.15, 0.2) is 11.0 Å². The van der Waals surface area contributed by atoms with Crippen LogP contribution in [0.1, 0.15) is 12.7 Å². The van der Waals surface area contributed by atoms with Crippen molar-refractivity contribution in [3.8, 4) is 0 Å². The Kier molecular flexibility index (Phi) is 2.18. The average molecular weight is 225 g/mol. The zero-order valence-corrected chi connectivity index (χ0v) is 10.6. The van der Waals surface area contributed by atoms with E-state index in [1.807, 2.05) is 0 Å². The second-order valence-electron chi connectivity index (χ2n) is 4.50. The molecule has 3 rings (SSSR count). The third-order valence-electron chi connectivity index (χ3n) is 3.70. The van der Waals surface area contributed by atoms with Gasteiger partial charge in [-0.25, -0.2) is 9.13 Å². The van der Waals surface area contributed by atoms with Crippen LogP contribution in [0.25, 0.3) is 21.8 Å². The second kappa shape index (κ2) is 3.59. The van der Waals surface area contributed by atoms with Crippen molar-refractivity contribution in [1.82, 2.24) is 4.57 Å². The van der Waals surface area contributed by atoms with Gasteiger partial charge in [-0.2, -0.15) is 0 Å². The van der Waals surface area contributed by atoms with E-state index < -0.39 is 0 Å². The van der Waals surface area contributed by atoms with Crippen LogP contribution < -0.4 is 4.57 Å². The van der Waals surface area contributed by atoms with Gasteiger partial charge in [-0.3, -0.25) is 0 Å². The highest BCUT2D eigenvalue weighted by atomic mass is 15.1. The number of benzene rings is 2. The van der Waals surface area contributed by atoms with Crippen LogP contribution in [0.5, 0.6) is 0 Å². The van der Waals surface area contributed by atoms with E-state index >= 15 is 0 Å². The summed E-state index contributed by atoms with van der Waals surface area (Å²) in [5.41, 5.74) is 2.66. The maximum Gasteiger partial charge on any atom is 0.254 e. The smallest absolute Gasteiger partial charge is 0.230 e. The van der Waals surface area contributed by atoms with E-state index in [2.05, 4.69) is 66.4 Å². The molecule has 86 valence electrons. The molecule has 0 aliphatic carbocycles. The highest BCUT2D eigenvalue weighted by Crippen LogP contribution is 2.23. The van der Waals surface area contributed by atoms with Crippen LogP contribution in [0.4, 0.5) is 0 Å². The van der Waals surface area contributed by atoms with Crippen molar-refractivity contribution in [2.24, 2.45) is 7.05 Å². The van der Waals surface area contributed by atoms with Crippen molar-refractivity contribution >= 4 is 21.8 Å². The molecule has 0 spiro atoms. The van der Waals surface area contributed by atoms with Crippen LogP contribution in [0.15, 0.2) is 36.4 Å². The quantitative estimate of drug-likeness (QED) is 0.563. The number of hydrogen-bond donors (Lipinski definition) is 0. The zero-order valence-electron chi connectivity index (χ0n) is 10.6. The van der Waals surface area contributed by atoms with E-state index in [1.54, 1.807) is 0 Å². The fourth-order valence-electron chi connectivity index (χ4n) is 2.70. The van der Waals surface area contributed by atoms with Gasteiger partial charge in [0.05, 0.1) is 13.6 Å². The Bertz CT molecular complexity index is 708. The molecule has 0 unspecified atom stereocenters. The minimum atomic E-state index is 1.01. The lowest BCUT2D eigenvalue weighted by molar-refractivity contribution is -0.674. The molecule has 2 aromatic carbocycles. The summed E-state index contributed by atoms with van der Waals surface area (Å²) in [5.74, 6) is 1.30. The monoisotopic (exact) mass is 225 g/mol. The largest absolute Gasteiger partial charge is 0.254 e. The fraction of sp³-hybridized carbons (Fsp3) is 0.267. The van der Waals surface area contributed by atoms with E-state index in [0.29, 0.717) is 0 Å². The van der Waals surface area contributed by atoms with Gasteiger partial charge >= 0.3 is 0 Å². The van der Waals surface area contributed by atoms with Crippen molar-refractivity contribution < 1.29 is 4.57 Å². The third-order valence-corrected chi connectivity index (χ3v) is 3.70. The van der Waals surface area contributed by atoms with Crippen molar-refractivity contribution in [3.63, 3.8) is 0 Å². The highest BCUT2D eigenvalue weighted by Gasteiger charge is 2.19. The van der Waals surface area contributed by atoms with Crippen molar-refractivity contribution in [2.75, 3.05) is 0 Å². The summed E-state index contributed by atoms with van der Waals surface area (Å²) in [6, 6.07) is 13.0. The molecule has 2 nitrogen and oxygen atoms in total. The van der Waals surface area contributed by atoms with Crippen LogP contribution in [0.2, 0.25) is 0 Å². The number of aromatic nitrogens is 2. The van der Waals surface area contributed by atoms with Crippen LogP contribution in [-0.4, -0.2) is 4.57 Å². The molecule has 3 aromatic rings. The SMILES string of the molecule is CC[n+]1c(C)n(C)c2ccc3ccccc3c21. The van der Waals surface area contributed by atoms with Gasteiger partial charge in [0.1, 0.15) is 0 Å². The maximum absolute atomic E-state index is 2.39. The lowest BCUT2D eigenvalue weighted by Crippen LogP contribution is -2.34. The third kappa shape index (κ3) is 1.30. The summed E-state index contributed by atoms with van der Waals surface area (Å²) in [5, 5.41) is 2.66. The Hall–Kier alpha value is -1.83. The molecule has 0 amide bonds. The number of aryl methyl sites for hydroxylation is 2. The molecule has 0 N–H and O–H groups in total. The van der Waals surface area contributed by atoms with Crippen molar-refractivity contribution in [2.45, 2.75) is 20.4 Å². The van der Waals surface area contributed by atoms with Crippen LogP contribution in [-0.2, 0) is 13.6 Å². The Balaban J connectivity index is 2.61. The minimum Gasteiger partial charge on any atom is -0.230 e. The summed E-state index contributed by atoms with van der Waals surface area (Å²) in [6.45, 7) is 5.39. The van der Waals surface area contributed by atoms with E-state index in [4.69, 9.17) is 0 Å². The van der Waals surface area contributed by atoms with E-state index in [-0.39, 0.29) is 0 Å². The first-order chi connectivity index (χ1) is 8.24. The van der Waals surface area contributed by atoms with Gasteiger partial charge in [-0.05, 0) is 30.5 Å². The molecule has 0 aliphatic rings. The molecule has 1 heterocycles. The maximum atomic E-state index is 2.39. The lowest BCUT2D eigenvalue weighted by atomic mass is 10.1. The van der Waals surface area contributed by atoms with Gasteiger partial charge in [-0.15, -0.1) is 0 Å². The summed E-state index contributed by atoms with van der Waals surface area (Å²) in [4.78, 5) is 0. The fourth-order valence-corrected chi connectivity index (χ4v) is 2.70. The summed E-state index contributed by atoms with van der Waals surface area (Å²) >= 11 is 0. The first kappa shape index (κ1) is 10.3. The molecule has 0 bridgehead atoms. The van der Waals surface area contributed by atoms with Gasteiger partial charge in [-0.1, -0.05) is 18.2 Å². The Labute approximate surface area is 101 Å². The van der Waals surface area contributed by atoms with Gasteiger partial charge < -0.3 is 0 Å². The number of rotatable bonds is 1. The molecule has 0 radical (unpaired) electrons. The summed E-state index contributed by atoms with van der Waals surface area (Å²) < 4.78 is 4.66. The normalized spacial score (nSPS) is 11.5. The molecular weight excluding hydrogens is 208 g/mol.